The minimum atomic E-state index is -2.39. The van der Waals surface area contributed by atoms with Gasteiger partial charge >= 0.3 is 0 Å². The number of carbonyl (C=O) groups is 1. The highest BCUT2D eigenvalue weighted by Gasteiger charge is 2.26. The van der Waals surface area contributed by atoms with Gasteiger partial charge in [-0.15, -0.1) is 0 Å². The van der Waals surface area contributed by atoms with Gasteiger partial charge in [0.15, 0.2) is 0 Å². The van der Waals surface area contributed by atoms with Crippen LogP contribution in [0.4, 0.5) is 0 Å². The molecular formula is C20H22N3O3S-. The Hall–Kier alpha value is -2.35. The summed E-state index contributed by atoms with van der Waals surface area (Å²) in [4.78, 5) is 17.0. The quantitative estimate of drug-likeness (QED) is 0.693. The second-order valence-corrected chi connectivity index (χ2v) is 8.26. The van der Waals surface area contributed by atoms with Crippen LogP contribution in [0.3, 0.4) is 0 Å². The van der Waals surface area contributed by atoms with Crippen LogP contribution in [-0.4, -0.2) is 24.2 Å². The lowest BCUT2D eigenvalue weighted by molar-refractivity contribution is 0.0772. The highest BCUT2D eigenvalue weighted by molar-refractivity contribution is 7.77. The lowest BCUT2D eigenvalue weighted by Crippen LogP contribution is -2.26. The van der Waals surface area contributed by atoms with Crippen molar-refractivity contribution in [3.8, 4) is 11.1 Å². The Kier molecular flexibility index (Phi) is 5.28. The molecule has 2 unspecified atom stereocenters. The topological polar surface area (TPSA) is 87.0 Å². The van der Waals surface area contributed by atoms with E-state index >= 15 is 0 Å². The molecule has 0 fully saturated rings. The highest BCUT2D eigenvalue weighted by atomic mass is 32.2. The van der Waals surface area contributed by atoms with Crippen LogP contribution in [0, 0.1) is 5.41 Å². The van der Waals surface area contributed by atoms with Crippen LogP contribution < -0.4 is 4.72 Å². The summed E-state index contributed by atoms with van der Waals surface area (Å²) in [5.41, 5.74) is 2.90. The van der Waals surface area contributed by atoms with E-state index in [0.717, 1.165) is 27.6 Å². The second-order valence-electron chi connectivity index (χ2n) is 7.55. The first-order valence-electron chi connectivity index (χ1n) is 8.64. The number of hydrogen-bond donors (Lipinski definition) is 1. The molecule has 142 valence electrons. The average molecular weight is 384 g/mol. The lowest BCUT2D eigenvalue weighted by Gasteiger charge is -2.18. The van der Waals surface area contributed by atoms with E-state index < -0.39 is 22.7 Å². The summed E-state index contributed by atoms with van der Waals surface area (Å²) in [6, 6.07) is 9.22. The Morgan fingerprint density at radius 2 is 1.85 bits per heavy atom. The fourth-order valence-electron chi connectivity index (χ4n) is 3.06. The number of pyridine rings is 1. The fraction of sp³-hybridized carbons (Fsp3) is 0.300. The molecule has 1 aromatic carbocycles. The Labute approximate surface area is 161 Å². The zero-order valence-corrected chi connectivity index (χ0v) is 16.5. The number of aromatic nitrogens is 2. The van der Waals surface area contributed by atoms with Crippen molar-refractivity contribution < 1.29 is 13.6 Å². The summed E-state index contributed by atoms with van der Waals surface area (Å²) < 4.78 is 26.2. The van der Waals surface area contributed by atoms with E-state index in [1.165, 1.54) is 0 Å². The summed E-state index contributed by atoms with van der Waals surface area (Å²) in [7, 11) is 0. The molecule has 0 radical (unpaired) electrons. The van der Waals surface area contributed by atoms with Gasteiger partial charge in [-0.25, -0.2) is 4.72 Å². The van der Waals surface area contributed by atoms with Crippen LogP contribution in [0.2, 0.25) is 0 Å². The number of benzene rings is 1. The van der Waals surface area contributed by atoms with Crippen molar-refractivity contribution in [3.63, 3.8) is 0 Å². The van der Waals surface area contributed by atoms with Crippen LogP contribution >= 0.6 is 0 Å². The Balaban J connectivity index is 2.21. The van der Waals surface area contributed by atoms with Crippen molar-refractivity contribution >= 4 is 28.1 Å². The maximum Gasteiger partial charge on any atom is 0.236 e. The maximum atomic E-state index is 13.0. The van der Waals surface area contributed by atoms with Crippen molar-refractivity contribution in [2.24, 2.45) is 5.41 Å². The van der Waals surface area contributed by atoms with Crippen molar-refractivity contribution in [3.05, 3.63) is 54.5 Å². The summed E-state index contributed by atoms with van der Waals surface area (Å²) in [6.07, 6.45) is 5.18. The summed E-state index contributed by atoms with van der Waals surface area (Å²) >= 11 is -2.39. The largest absolute Gasteiger partial charge is 0.760 e. The minimum Gasteiger partial charge on any atom is -0.760 e. The van der Waals surface area contributed by atoms with Crippen molar-refractivity contribution in [2.75, 3.05) is 0 Å². The average Bonchev–Trinajstić information content (AvgIpc) is 2.99. The van der Waals surface area contributed by atoms with Gasteiger partial charge in [0.1, 0.15) is 0 Å². The van der Waals surface area contributed by atoms with E-state index in [2.05, 4.69) is 9.71 Å². The number of rotatable bonds is 4. The molecule has 27 heavy (non-hydrogen) atoms. The smallest absolute Gasteiger partial charge is 0.236 e. The van der Waals surface area contributed by atoms with E-state index in [1.807, 2.05) is 51.1 Å². The molecule has 2 heterocycles. The van der Waals surface area contributed by atoms with E-state index in [4.69, 9.17) is 0 Å². The van der Waals surface area contributed by atoms with Gasteiger partial charge in [-0.3, -0.25) is 18.6 Å². The van der Waals surface area contributed by atoms with Gasteiger partial charge in [0.25, 0.3) is 0 Å². The Morgan fingerprint density at radius 1 is 1.19 bits per heavy atom. The van der Waals surface area contributed by atoms with Crippen molar-refractivity contribution in [1.82, 2.24) is 14.3 Å². The highest BCUT2D eigenvalue weighted by Crippen LogP contribution is 2.32. The predicted molar refractivity (Wildman–Crippen MR) is 106 cm³/mol. The Morgan fingerprint density at radius 3 is 2.44 bits per heavy atom. The lowest BCUT2D eigenvalue weighted by atomic mass is 9.95. The van der Waals surface area contributed by atoms with Gasteiger partial charge < -0.3 is 4.55 Å². The summed E-state index contributed by atoms with van der Waals surface area (Å²) in [5, 5.41) is 0.843. The third-order valence-corrected chi connectivity index (χ3v) is 5.00. The van der Waals surface area contributed by atoms with Gasteiger partial charge in [0.2, 0.25) is 5.91 Å². The summed E-state index contributed by atoms with van der Waals surface area (Å²) in [5.74, 6) is -0.0546. The summed E-state index contributed by atoms with van der Waals surface area (Å²) in [6.45, 7) is 7.35. The van der Waals surface area contributed by atoms with Crippen LogP contribution in [0.5, 0.6) is 0 Å². The zero-order valence-electron chi connectivity index (χ0n) is 15.7. The molecule has 2 aromatic heterocycles. The molecule has 0 amide bonds. The normalized spacial score (nSPS) is 14.3. The Bertz CT molecular complexity index is 1010. The molecule has 0 saturated carbocycles. The van der Waals surface area contributed by atoms with Crippen molar-refractivity contribution in [2.45, 2.75) is 33.7 Å². The molecule has 6 nitrogen and oxygen atoms in total. The standard InChI is InChI=1S/C20H23N3O3S/c1-13(22-27(25)26)17-12-23(19(24)20(2,3)4)18-11-15(5-6-16(17)18)14-7-9-21-10-8-14/h5-13,22H,1-4H3,(H,25,26)/p-1. The van der Waals surface area contributed by atoms with Gasteiger partial charge in [-0.1, -0.05) is 32.9 Å². The monoisotopic (exact) mass is 384 g/mol. The fourth-order valence-corrected chi connectivity index (χ4v) is 3.48. The van der Waals surface area contributed by atoms with Crippen LogP contribution in [0.15, 0.2) is 48.9 Å². The number of nitrogens with one attached hydrogen (secondary N) is 1. The van der Waals surface area contributed by atoms with Gasteiger partial charge in [-0.05, 0) is 41.8 Å². The van der Waals surface area contributed by atoms with E-state index in [-0.39, 0.29) is 5.91 Å². The number of nitrogens with zero attached hydrogens (tertiary/aromatic N) is 2. The molecule has 2 atom stereocenters. The molecule has 0 aliphatic heterocycles. The van der Waals surface area contributed by atoms with E-state index in [0.29, 0.717) is 0 Å². The predicted octanol–water partition coefficient (Wildman–Crippen LogP) is 3.83. The first kappa shape index (κ1) is 19.4. The second kappa shape index (κ2) is 7.34. The third-order valence-electron chi connectivity index (χ3n) is 4.45. The number of hydrogen-bond acceptors (Lipinski definition) is 4. The zero-order chi connectivity index (χ0) is 19.8. The minimum absolute atomic E-state index is 0.0546. The first-order valence-corrected chi connectivity index (χ1v) is 9.71. The molecule has 0 aliphatic carbocycles. The number of fused-ring (bicyclic) bond motifs is 1. The first-order chi connectivity index (χ1) is 12.7. The van der Waals surface area contributed by atoms with Crippen LogP contribution in [0.25, 0.3) is 22.0 Å². The van der Waals surface area contributed by atoms with Gasteiger partial charge in [0, 0.05) is 46.7 Å². The van der Waals surface area contributed by atoms with Gasteiger partial charge in [-0.2, -0.15) is 0 Å². The molecule has 0 saturated heterocycles. The van der Waals surface area contributed by atoms with Crippen LogP contribution in [-0.2, 0) is 11.3 Å². The van der Waals surface area contributed by atoms with E-state index in [9.17, 15) is 13.6 Å². The van der Waals surface area contributed by atoms with Gasteiger partial charge in [0.05, 0.1) is 5.52 Å². The SMILES string of the molecule is CC(NS(=O)[O-])c1cn(C(=O)C(C)(C)C)c2cc(-c3ccncc3)ccc12. The van der Waals surface area contributed by atoms with E-state index in [1.54, 1.807) is 30.1 Å². The molecule has 0 spiro atoms. The van der Waals surface area contributed by atoms with Crippen molar-refractivity contribution in [1.29, 1.82) is 0 Å². The molecule has 3 aromatic rings. The maximum absolute atomic E-state index is 13.0. The third kappa shape index (κ3) is 4.00. The molecule has 1 N–H and O–H groups in total. The molecule has 0 aliphatic rings. The van der Waals surface area contributed by atoms with Crippen LogP contribution in [0.1, 0.15) is 44.1 Å². The number of carbonyl (C=O) groups excluding carboxylic acids is 1. The molecular weight excluding hydrogens is 362 g/mol. The molecule has 3 rings (SSSR count). The molecule has 7 heteroatoms. The molecule has 0 bridgehead atoms.